The maximum atomic E-state index is 13.3. The van der Waals surface area contributed by atoms with Crippen LogP contribution in [-0.2, 0) is 12.8 Å². The fraction of sp³-hybridized carbons (Fsp3) is 0.231. The molecule has 0 saturated heterocycles. The third-order valence-corrected chi connectivity index (χ3v) is 7.15. The van der Waals surface area contributed by atoms with Crippen molar-refractivity contribution in [3.63, 3.8) is 0 Å². The van der Waals surface area contributed by atoms with Gasteiger partial charge in [0.15, 0.2) is 0 Å². The number of anilines is 1. The van der Waals surface area contributed by atoms with Gasteiger partial charge in [-0.25, -0.2) is 4.98 Å². The van der Waals surface area contributed by atoms with E-state index in [1.165, 1.54) is 16.9 Å². The second kappa shape index (κ2) is 7.82. The number of thiophene rings is 1. The summed E-state index contributed by atoms with van der Waals surface area (Å²) in [4.78, 5) is 19.7. The van der Waals surface area contributed by atoms with Crippen LogP contribution in [0.2, 0.25) is 0 Å². The number of nitrogen functional groups attached to an aromatic ring is 1. The Kier molecular flexibility index (Phi) is 4.98. The molecular weight excluding hydrogens is 404 g/mol. The number of ether oxygens (including phenoxy) is 1. The summed E-state index contributed by atoms with van der Waals surface area (Å²) >= 11 is 1.41. The minimum atomic E-state index is -0.0425. The highest BCUT2D eigenvalue weighted by molar-refractivity contribution is 7.21. The van der Waals surface area contributed by atoms with Crippen molar-refractivity contribution in [2.75, 3.05) is 12.8 Å². The van der Waals surface area contributed by atoms with Gasteiger partial charge in [-0.1, -0.05) is 42.0 Å². The van der Waals surface area contributed by atoms with Gasteiger partial charge in [0.2, 0.25) is 5.78 Å². The molecule has 0 aliphatic heterocycles. The lowest BCUT2D eigenvalue weighted by molar-refractivity contribution is 0.104. The van der Waals surface area contributed by atoms with Crippen LogP contribution >= 0.6 is 11.3 Å². The van der Waals surface area contributed by atoms with E-state index < -0.39 is 0 Å². The SMILES string of the molecule is COc1ccc(-c2c3c(nc4sc(C(=O)c5ccc(C)cc5)c(N)c24)CCCC3)cc1. The van der Waals surface area contributed by atoms with Crippen LogP contribution < -0.4 is 10.5 Å². The second-order valence-corrected chi connectivity index (χ2v) is 9.07. The van der Waals surface area contributed by atoms with Crippen LogP contribution in [0.5, 0.6) is 5.75 Å². The van der Waals surface area contributed by atoms with Crippen molar-refractivity contribution in [1.82, 2.24) is 4.98 Å². The number of carbonyl (C=O) groups excluding carboxylic acids is 1. The molecule has 0 fully saturated rings. The molecule has 0 unspecified atom stereocenters. The Morgan fingerprint density at radius 2 is 1.74 bits per heavy atom. The highest BCUT2D eigenvalue weighted by Gasteiger charge is 2.26. The van der Waals surface area contributed by atoms with Crippen molar-refractivity contribution in [2.24, 2.45) is 0 Å². The van der Waals surface area contributed by atoms with Gasteiger partial charge >= 0.3 is 0 Å². The molecule has 0 saturated carbocycles. The Labute approximate surface area is 185 Å². The van der Waals surface area contributed by atoms with Gasteiger partial charge in [0.25, 0.3) is 0 Å². The van der Waals surface area contributed by atoms with Crippen LogP contribution in [0.1, 0.15) is 44.9 Å². The van der Waals surface area contributed by atoms with Gasteiger partial charge < -0.3 is 10.5 Å². The lowest BCUT2D eigenvalue weighted by Gasteiger charge is -2.20. The number of aryl methyl sites for hydroxylation is 2. The lowest BCUT2D eigenvalue weighted by atomic mass is 9.87. The number of rotatable bonds is 4. The van der Waals surface area contributed by atoms with Crippen molar-refractivity contribution in [3.8, 4) is 16.9 Å². The Morgan fingerprint density at radius 1 is 1.03 bits per heavy atom. The molecule has 4 nitrogen and oxygen atoms in total. The van der Waals surface area contributed by atoms with E-state index in [1.807, 2.05) is 43.3 Å². The number of hydrogen-bond acceptors (Lipinski definition) is 5. The molecule has 2 aromatic carbocycles. The first kappa shape index (κ1) is 19.8. The molecule has 0 bridgehead atoms. The van der Waals surface area contributed by atoms with E-state index in [1.54, 1.807) is 7.11 Å². The first-order chi connectivity index (χ1) is 15.1. The minimum Gasteiger partial charge on any atom is -0.497 e. The van der Waals surface area contributed by atoms with Crippen molar-refractivity contribution in [2.45, 2.75) is 32.6 Å². The Hall–Kier alpha value is -3.18. The van der Waals surface area contributed by atoms with Crippen LogP contribution in [0.15, 0.2) is 48.5 Å². The molecule has 0 atom stereocenters. The van der Waals surface area contributed by atoms with E-state index in [-0.39, 0.29) is 5.78 Å². The number of carbonyl (C=O) groups is 1. The van der Waals surface area contributed by atoms with Crippen LogP contribution in [0.4, 0.5) is 5.69 Å². The average molecular weight is 429 g/mol. The molecular formula is C26H24N2O2S. The normalized spacial score (nSPS) is 13.2. The molecule has 5 rings (SSSR count). The fourth-order valence-corrected chi connectivity index (χ4v) is 5.47. The van der Waals surface area contributed by atoms with Crippen molar-refractivity contribution in [1.29, 1.82) is 0 Å². The average Bonchev–Trinajstić information content (AvgIpc) is 3.13. The summed E-state index contributed by atoms with van der Waals surface area (Å²) in [6, 6.07) is 15.7. The van der Waals surface area contributed by atoms with E-state index in [9.17, 15) is 4.79 Å². The summed E-state index contributed by atoms with van der Waals surface area (Å²) < 4.78 is 5.34. The Morgan fingerprint density at radius 3 is 2.45 bits per heavy atom. The summed E-state index contributed by atoms with van der Waals surface area (Å²) in [6.07, 6.45) is 4.23. The van der Waals surface area contributed by atoms with E-state index in [0.29, 0.717) is 16.1 Å². The number of pyridine rings is 1. The number of fused-ring (bicyclic) bond motifs is 2. The Bertz CT molecular complexity index is 1290. The molecule has 4 aromatic rings. The zero-order valence-corrected chi connectivity index (χ0v) is 18.5. The minimum absolute atomic E-state index is 0.0425. The maximum Gasteiger partial charge on any atom is 0.205 e. The summed E-state index contributed by atoms with van der Waals surface area (Å²) in [5, 5.41) is 0.909. The molecule has 31 heavy (non-hydrogen) atoms. The molecule has 5 heteroatoms. The molecule has 0 radical (unpaired) electrons. The van der Waals surface area contributed by atoms with E-state index in [2.05, 4.69) is 12.1 Å². The summed E-state index contributed by atoms with van der Waals surface area (Å²) in [6.45, 7) is 2.01. The lowest BCUT2D eigenvalue weighted by Crippen LogP contribution is -2.08. The quantitative estimate of drug-likeness (QED) is 0.407. The third-order valence-electron chi connectivity index (χ3n) is 6.05. The van der Waals surface area contributed by atoms with Crippen molar-refractivity contribution >= 4 is 33.0 Å². The highest BCUT2D eigenvalue weighted by atomic mass is 32.1. The first-order valence-corrected chi connectivity index (χ1v) is 11.4. The van der Waals surface area contributed by atoms with Crippen LogP contribution in [0.25, 0.3) is 21.3 Å². The molecule has 2 aromatic heterocycles. The molecule has 0 spiro atoms. The van der Waals surface area contributed by atoms with Gasteiger partial charge in [-0.05, 0) is 61.4 Å². The van der Waals surface area contributed by atoms with Gasteiger partial charge in [-0.2, -0.15) is 0 Å². The van der Waals surface area contributed by atoms with E-state index in [4.69, 9.17) is 15.5 Å². The molecule has 2 N–H and O–H groups in total. The standard InChI is InChI=1S/C26H24N2O2S/c1-15-7-9-17(10-8-15)24(29)25-23(27)22-21(16-11-13-18(30-2)14-12-16)19-5-3-4-6-20(19)28-26(22)31-25/h7-14H,3-6,27H2,1-2H3. The van der Waals surface area contributed by atoms with Gasteiger partial charge in [0.1, 0.15) is 15.5 Å². The number of methoxy groups -OCH3 is 1. The summed E-state index contributed by atoms with van der Waals surface area (Å²) in [5.41, 5.74) is 13.6. The second-order valence-electron chi connectivity index (χ2n) is 8.07. The number of aromatic nitrogens is 1. The van der Waals surface area contributed by atoms with Crippen molar-refractivity contribution in [3.05, 3.63) is 75.8 Å². The molecule has 1 aliphatic carbocycles. The highest BCUT2D eigenvalue weighted by Crippen LogP contribution is 2.44. The Balaban J connectivity index is 1.74. The number of nitrogens with zero attached hydrogens (tertiary/aromatic N) is 1. The van der Waals surface area contributed by atoms with Gasteiger partial charge in [-0.15, -0.1) is 11.3 Å². The summed E-state index contributed by atoms with van der Waals surface area (Å²) in [5.74, 6) is 0.774. The number of ketones is 1. The largest absolute Gasteiger partial charge is 0.497 e. The monoisotopic (exact) mass is 428 g/mol. The predicted octanol–water partition coefficient (Wildman–Crippen LogP) is 5.97. The van der Waals surface area contributed by atoms with Crippen LogP contribution in [-0.4, -0.2) is 17.9 Å². The summed E-state index contributed by atoms with van der Waals surface area (Å²) in [7, 11) is 1.67. The van der Waals surface area contributed by atoms with E-state index in [0.717, 1.165) is 64.0 Å². The van der Waals surface area contributed by atoms with Gasteiger partial charge in [0, 0.05) is 16.6 Å². The molecule has 2 heterocycles. The zero-order chi connectivity index (χ0) is 21.5. The number of benzene rings is 2. The van der Waals surface area contributed by atoms with Crippen LogP contribution in [0, 0.1) is 6.92 Å². The topological polar surface area (TPSA) is 65.2 Å². The zero-order valence-electron chi connectivity index (χ0n) is 17.7. The third kappa shape index (κ3) is 3.39. The number of hydrogen-bond donors (Lipinski definition) is 1. The fourth-order valence-electron chi connectivity index (χ4n) is 4.39. The van der Waals surface area contributed by atoms with E-state index >= 15 is 0 Å². The molecule has 0 amide bonds. The molecule has 1 aliphatic rings. The van der Waals surface area contributed by atoms with Crippen molar-refractivity contribution < 1.29 is 9.53 Å². The predicted molar refractivity (Wildman–Crippen MR) is 127 cm³/mol. The number of nitrogens with two attached hydrogens (primary N) is 1. The van der Waals surface area contributed by atoms with Gasteiger partial charge in [-0.3, -0.25) is 4.79 Å². The first-order valence-electron chi connectivity index (χ1n) is 10.6. The van der Waals surface area contributed by atoms with Crippen LogP contribution in [0.3, 0.4) is 0 Å². The molecule has 156 valence electrons. The maximum absolute atomic E-state index is 13.3. The van der Waals surface area contributed by atoms with Gasteiger partial charge in [0.05, 0.1) is 12.8 Å². The smallest absolute Gasteiger partial charge is 0.205 e.